The second kappa shape index (κ2) is 8.76. The first-order chi connectivity index (χ1) is 14.2. The van der Waals surface area contributed by atoms with E-state index in [4.69, 9.17) is 4.84 Å². The van der Waals surface area contributed by atoms with Crippen molar-refractivity contribution in [3.8, 4) is 5.75 Å². The number of ether oxygens (including phenoxy) is 1. The Kier molecular flexibility index (Phi) is 6.33. The van der Waals surface area contributed by atoms with Crippen molar-refractivity contribution in [3.05, 3.63) is 65.4 Å². The molecule has 30 heavy (non-hydrogen) atoms. The van der Waals surface area contributed by atoms with Gasteiger partial charge in [0, 0.05) is 29.6 Å². The molecule has 0 fully saturated rings. The fourth-order valence-corrected chi connectivity index (χ4v) is 3.51. The van der Waals surface area contributed by atoms with E-state index < -0.39 is 18.4 Å². The lowest BCUT2D eigenvalue weighted by Crippen LogP contribution is -2.37. The molecule has 1 unspecified atom stereocenters. The summed E-state index contributed by atoms with van der Waals surface area (Å²) in [4.78, 5) is 16.3. The maximum atomic E-state index is 12.5. The zero-order chi connectivity index (χ0) is 21.9. The monoisotopic (exact) mass is 422 g/mol. The molecule has 1 heterocycles. The Morgan fingerprint density at radius 1 is 1.20 bits per heavy atom. The number of carboxylic acid groups (broad SMARTS) is 1. The van der Waals surface area contributed by atoms with Crippen LogP contribution in [0.15, 0.2) is 48.5 Å². The molecule has 0 saturated carbocycles. The summed E-state index contributed by atoms with van der Waals surface area (Å²) in [6.07, 6.45) is -4.58. The van der Waals surface area contributed by atoms with Gasteiger partial charge in [0.2, 0.25) is 0 Å². The predicted molar refractivity (Wildman–Crippen MR) is 104 cm³/mol. The number of rotatable bonds is 8. The van der Waals surface area contributed by atoms with Crippen LogP contribution in [-0.2, 0) is 22.6 Å². The average Bonchev–Trinajstić information content (AvgIpc) is 2.92. The summed E-state index contributed by atoms with van der Waals surface area (Å²) in [6.45, 7) is 2.16. The largest absolute Gasteiger partial charge is 0.573 e. The number of halogens is 3. The van der Waals surface area contributed by atoms with Crippen molar-refractivity contribution >= 4 is 16.9 Å². The fraction of sp³-hybridized carbons (Fsp3) is 0.286. The molecule has 0 aliphatic heterocycles. The van der Waals surface area contributed by atoms with Gasteiger partial charge >= 0.3 is 12.3 Å². The van der Waals surface area contributed by atoms with E-state index >= 15 is 0 Å². The topological polar surface area (TPSA) is 72.7 Å². The first-order valence-corrected chi connectivity index (χ1v) is 9.12. The zero-order valence-corrected chi connectivity index (χ0v) is 16.4. The van der Waals surface area contributed by atoms with Gasteiger partial charge in [0.1, 0.15) is 11.8 Å². The van der Waals surface area contributed by atoms with Gasteiger partial charge in [-0.1, -0.05) is 30.3 Å². The highest BCUT2D eigenvalue weighted by Gasteiger charge is 2.31. The van der Waals surface area contributed by atoms with E-state index in [1.807, 2.05) is 35.8 Å². The first kappa shape index (κ1) is 21.7. The highest BCUT2D eigenvalue weighted by Crippen LogP contribution is 2.29. The molecule has 0 bridgehead atoms. The number of carboxylic acids is 1. The standard InChI is InChI=1S/C21H21F3N2O4/c1-13-17(11-18(20(27)28)25-29-2)16-8-3-4-9-19(16)26(13)12-14-6-5-7-15(10-14)30-21(22,23)24/h3-10,18,25H,11-12H2,1-2H3,(H,27,28). The molecule has 0 aliphatic carbocycles. The van der Waals surface area contributed by atoms with Gasteiger partial charge in [-0.15, -0.1) is 13.2 Å². The van der Waals surface area contributed by atoms with Crippen molar-refractivity contribution < 1.29 is 32.6 Å². The van der Waals surface area contributed by atoms with Crippen LogP contribution in [0.2, 0.25) is 0 Å². The molecule has 0 aliphatic rings. The van der Waals surface area contributed by atoms with E-state index in [-0.39, 0.29) is 12.2 Å². The van der Waals surface area contributed by atoms with Crippen LogP contribution < -0.4 is 10.2 Å². The van der Waals surface area contributed by atoms with Gasteiger partial charge in [-0.25, -0.2) is 0 Å². The Morgan fingerprint density at radius 2 is 1.93 bits per heavy atom. The van der Waals surface area contributed by atoms with Crippen LogP contribution in [0.25, 0.3) is 10.9 Å². The zero-order valence-electron chi connectivity index (χ0n) is 16.4. The molecule has 9 heteroatoms. The maximum Gasteiger partial charge on any atom is 0.573 e. The highest BCUT2D eigenvalue weighted by molar-refractivity contribution is 5.86. The van der Waals surface area contributed by atoms with Gasteiger partial charge in [0.15, 0.2) is 0 Å². The summed E-state index contributed by atoms with van der Waals surface area (Å²) in [5.74, 6) is -1.34. The van der Waals surface area contributed by atoms with Crippen LogP contribution in [0, 0.1) is 6.92 Å². The van der Waals surface area contributed by atoms with Crippen LogP contribution in [0.1, 0.15) is 16.8 Å². The van der Waals surface area contributed by atoms with Crippen molar-refractivity contribution in [1.29, 1.82) is 0 Å². The number of alkyl halides is 3. The summed E-state index contributed by atoms with van der Waals surface area (Å²) < 4.78 is 43.6. The fourth-order valence-electron chi connectivity index (χ4n) is 3.51. The third kappa shape index (κ3) is 4.92. The second-order valence-electron chi connectivity index (χ2n) is 6.78. The Hall–Kier alpha value is -3.04. The summed E-state index contributed by atoms with van der Waals surface area (Å²) >= 11 is 0. The third-order valence-electron chi connectivity index (χ3n) is 4.80. The summed E-state index contributed by atoms with van der Waals surface area (Å²) in [5.41, 5.74) is 5.60. The molecule has 0 saturated heterocycles. The average molecular weight is 422 g/mol. The van der Waals surface area contributed by atoms with Crippen LogP contribution >= 0.6 is 0 Å². The molecular formula is C21H21F3N2O4. The number of hydrogen-bond donors (Lipinski definition) is 2. The number of fused-ring (bicyclic) bond motifs is 1. The summed E-state index contributed by atoms with van der Waals surface area (Å²) in [5, 5.41) is 10.3. The predicted octanol–water partition coefficient (Wildman–Crippen LogP) is 4.04. The molecule has 6 nitrogen and oxygen atoms in total. The van der Waals surface area contributed by atoms with E-state index in [1.165, 1.54) is 25.3 Å². The Balaban J connectivity index is 1.98. The molecule has 2 aromatic carbocycles. The number of benzene rings is 2. The van der Waals surface area contributed by atoms with E-state index in [0.29, 0.717) is 12.1 Å². The molecule has 0 spiro atoms. The van der Waals surface area contributed by atoms with Crippen molar-refractivity contribution in [3.63, 3.8) is 0 Å². The molecule has 1 atom stereocenters. The van der Waals surface area contributed by atoms with Crippen LogP contribution in [0.3, 0.4) is 0 Å². The normalized spacial score (nSPS) is 12.8. The number of nitrogens with one attached hydrogen (secondary N) is 1. The van der Waals surface area contributed by atoms with Gasteiger partial charge in [0.05, 0.1) is 7.11 Å². The van der Waals surface area contributed by atoms with Crippen molar-refractivity contribution in [2.24, 2.45) is 0 Å². The van der Waals surface area contributed by atoms with Gasteiger partial charge < -0.3 is 19.2 Å². The number of aliphatic carboxylic acids is 1. The lowest BCUT2D eigenvalue weighted by atomic mass is 10.0. The second-order valence-corrected chi connectivity index (χ2v) is 6.78. The molecule has 3 rings (SSSR count). The minimum absolute atomic E-state index is 0.180. The van der Waals surface area contributed by atoms with E-state index in [0.717, 1.165) is 22.2 Å². The number of para-hydroxylation sites is 1. The van der Waals surface area contributed by atoms with Gasteiger partial charge in [-0.3, -0.25) is 4.79 Å². The van der Waals surface area contributed by atoms with E-state index in [9.17, 15) is 23.1 Å². The van der Waals surface area contributed by atoms with Crippen LogP contribution in [-0.4, -0.2) is 35.2 Å². The molecule has 0 radical (unpaired) electrons. The maximum absolute atomic E-state index is 12.5. The number of hydroxylamine groups is 1. The Bertz CT molecular complexity index is 1050. The number of hydrogen-bond acceptors (Lipinski definition) is 4. The molecule has 3 aromatic rings. The van der Waals surface area contributed by atoms with Crippen molar-refractivity contribution in [2.45, 2.75) is 32.3 Å². The highest BCUT2D eigenvalue weighted by atomic mass is 19.4. The Labute approximate surface area is 170 Å². The first-order valence-electron chi connectivity index (χ1n) is 9.12. The number of aromatic nitrogens is 1. The lowest BCUT2D eigenvalue weighted by Gasteiger charge is -2.14. The van der Waals surface area contributed by atoms with Crippen molar-refractivity contribution in [2.75, 3.05) is 7.11 Å². The summed E-state index contributed by atoms with van der Waals surface area (Å²) in [6, 6.07) is 12.3. The third-order valence-corrected chi connectivity index (χ3v) is 4.80. The van der Waals surface area contributed by atoms with Gasteiger partial charge in [-0.2, -0.15) is 5.48 Å². The molecule has 160 valence electrons. The van der Waals surface area contributed by atoms with Crippen molar-refractivity contribution in [1.82, 2.24) is 10.0 Å². The Morgan fingerprint density at radius 3 is 2.60 bits per heavy atom. The van der Waals surface area contributed by atoms with Gasteiger partial charge in [-0.05, 0) is 36.2 Å². The quantitative estimate of drug-likeness (QED) is 0.536. The lowest BCUT2D eigenvalue weighted by molar-refractivity contribution is -0.274. The van der Waals surface area contributed by atoms with Crippen LogP contribution in [0.4, 0.5) is 13.2 Å². The van der Waals surface area contributed by atoms with E-state index in [1.54, 1.807) is 6.07 Å². The molecule has 2 N–H and O–H groups in total. The minimum Gasteiger partial charge on any atom is -0.480 e. The SMILES string of the molecule is CONC(Cc1c(C)n(Cc2cccc(OC(F)(F)F)c2)c2ccccc12)C(=O)O. The minimum atomic E-state index is -4.76. The smallest absolute Gasteiger partial charge is 0.480 e. The molecular weight excluding hydrogens is 401 g/mol. The van der Waals surface area contributed by atoms with Crippen LogP contribution in [0.5, 0.6) is 5.75 Å². The van der Waals surface area contributed by atoms with E-state index in [2.05, 4.69) is 10.2 Å². The number of nitrogens with zero attached hydrogens (tertiary/aromatic N) is 1. The van der Waals surface area contributed by atoms with Gasteiger partial charge in [0.25, 0.3) is 0 Å². The molecule has 0 amide bonds. The molecule has 1 aromatic heterocycles. The summed E-state index contributed by atoms with van der Waals surface area (Å²) in [7, 11) is 1.35. The number of carbonyl (C=O) groups is 1.